The van der Waals surface area contributed by atoms with E-state index < -0.39 is 0 Å². The Kier molecular flexibility index (Phi) is 34.6. The molecule has 0 bridgehead atoms. The second-order valence-electron chi connectivity index (χ2n) is 14.1. The fraction of sp³-hybridized carbons (Fsp3) is 0.810. The number of nitrogens with zero attached hydrogens (tertiary/aromatic N) is 1. The summed E-state index contributed by atoms with van der Waals surface area (Å²) >= 11 is 0. The number of rotatable bonds is 36. The van der Waals surface area contributed by atoms with Crippen LogP contribution in [0.2, 0.25) is 0 Å². The zero-order chi connectivity index (χ0) is 35.3. The number of esters is 1. The van der Waals surface area contributed by atoms with Crippen LogP contribution in [0.15, 0.2) is 36.6 Å². The second kappa shape index (κ2) is 36.2. The largest absolute Gasteiger partial charge is 0.462 e. The summed E-state index contributed by atoms with van der Waals surface area (Å²) in [4.78, 5) is 26.8. The molecule has 48 heavy (non-hydrogen) atoms. The van der Waals surface area contributed by atoms with Gasteiger partial charge in [0.2, 0.25) is 5.91 Å². The molecule has 1 atom stereocenters. The van der Waals surface area contributed by atoms with Crippen molar-refractivity contribution >= 4 is 11.9 Å². The maximum atomic E-state index is 12.5. The number of hydrogen-bond donors (Lipinski definition) is 2. The molecule has 0 spiro atoms. The number of carbonyl (C=O) groups excluding carboxylic acids is 2. The highest BCUT2D eigenvalue weighted by Crippen LogP contribution is 2.18. The van der Waals surface area contributed by atoms with Gasteiger partial charge in [-0.2, -0.15) is 0 Å². The minimum atomic E-state index is -0.0449. The highest BCUT2D eigenvalue weighted by molar-refractivity contribution is 5.75. The van der Waals surface area contributed by atoms with Crippen molar-refractivity contribution in [3.8, 4) is 0 Å². The van der Waals surface area contributed by atoms with Crippen molar-refractivity contribution in [3.05, 3.63) is 36.6 Å². The molecule has 0 radical (unpaired) electrons. The molecule has 0 heterocycles. The van der Waals surface area contributed by atoms with Crippen LogP contribution in [0.25, 0.3) is 0 Å². The van der Waals surface area contributed by atoms with Gasteiger partial charge in [0.15, 0.2) is 0 Å². The van der Waals surface area contributed by atoms with Crippen LogP contribution in [0.1, 0.15) is 181 Å². The third kappa shape index (κ3) is 35.2. The van der Waals surface area contributed by atoms with Gasteiger partial charge in [0, 0.05) is 31.6 Å². The Balaban J connectivity index is 4.11. The summed E-state index contributed by atoms with van der Waals surface area (Å²) in [5, 5.41) is 6.46. The van der Waals surface area contributed by atoms with Gasteiger partial charge in [-0.25, -0.2) is 0 Å². The van der Waals surface area contributed by atoms with Crippen LogP contribution < -0.4 is 10.6 Å². The Morgan fingerprint density at radius 1 is 0.604 bits per heavy atom. The van der Waals surface area contributed by atoms with Crippen molar-refractivity contribution in [1.29, 1.82) is 0 Å². The van der Waals surface area contributed by atoms with Crippen LogP contribution in [-0.4, -0.2) is 56.6 Å². The highest BCUT2D eigenvalue weighted by atomic mass is 16.5. The van der Waals surface area contributed by atoms with Gasteiger partial charge in [-0.05, 0) is 97.7 Å². The van der Waals surface area contributed by atoms with Crippen LogP contribution in [0, 0.1) is 0 Å². The van der Waals surface area contributed by atoms with E-state index in [1.165, 1.54) is 83.5 Å². The average molecular weight is 674 g/mol. The van der Waals surface area contributed by atoms with E-state index in [1.807, 2.05) is 14.1 Å². The molecular formula is C42H79N3O3. The van der Waals surface area contributed by atoms with Gasteiger partial charge >= 0.3 is 5.97 Å². The first-order chi connectivity index (χ1) is 23.4. The Hall–Kier alpha value is -2.08. The second-order valence-corrected chi connectivity index (χ2v) is 14.1. The van der Waals surface area contributed by atoms with Gasteiger partial charge in [0.25, 0.3) is 0 Å². The molecule has 0 aliphatic rings. The summed E-state index contributed by atoms with van der Waals surface area (Å²) in [5.41, 5.74) is 1.14. The van der Waals surface area contributed by atoms with Crippen molar-refractivity contribution in [2.24, 2.45) is 0 Å². The normalized spacial score (nSPS) is 12.3. The van der Waals surface area contributed by atoms with Crippen LogP contribution >= 0.6 is 0 Å². The van der Waals surface area contributed by atoms with Crippen molar-refractivity contribution in [3.63, 3.8) is 0 Å². The molecule has 0 aromatic carbocycles. The van der Waals surface area contributed by atoms with E-state index in [1.54, 1.807) is 0 Å². The minimum Gasteiger partial charge on any atom is -0.462 e. The van der Waals surface area contributed by atoms with E-state index in [0.717, 1.165) is 89.4 Å². The van der Waals surface area contributed by atoms with Crippen molar-refractivity contribution < 1.29 is 14.3 Å². The first kappa shape index (κ1) is 45.9. The molecule has 280 valence electrons. The summed E-state index contributed by atoms with van der Waals surface area (Å²) in [7, 11) is 4.08. The topological polar surface area (TPSA) is 70.7 Å². The minimum absolute atomic E-state index is 0.0333. The van der Waals surface area contributed by atoms with Gasteiger partial charge in [0.05, 0.1) is 0 Å². The number of carbonyl (C=O) groups is 2. The molecule has 6 nitrogen and oxygen atoms in total. The zero-order valence-electron chi connectivity index (χ0n) is 32.3. The third-order valence-corrected chi connectivity index (χ3v) is 8.89. The molecule has 0 saturated heterocycles. The van der Waals surface area contributed by atoms with Gasteiger partial charge in [0.1, 0.15) is 6.10 Å². The van der Waals surface area contributed by atoms with E-state index in [-0.39, 0.29) is 18.0 Å². The summed E-state index contributed by atoms with van der Waals surface area (Å²) in [5.74, 6) is 0.112. The van der Waals surface area contributed by atoms with E-state index in [9.17, 15) is 9.59 Å². The van der Waals surface area contributed by atoms with Crippen LogP contribution in [0.3, 0.4) is 0 Å². The number of allylic oxidation sites excluding steroid dienone is 3. The number of nitrogens with one attached hydrogen (secondary N) is 2. The molecule has 0 rings (SSSR count). The van der Waals surface area contributed by atoms with E-state index in [4.69, 9.17) is 4.74 Å². The van der Waals surface area contributed by atoms with Crippen LogP contribution in [0.4, 0.5) is 0 Å². The van der Waals surface area contributed by atoms with Gasteiger partial charge < -0.3 is 20.3 Å². The van der Waals surface area contributed by atoms with Crippen LogP contribution in [0.5, 0.6) is 0 Å². The van der Waals surface area contributed by atoms with E-state index in [2.05, 4.69) is 60.3 Å². The fourth-order valence-electron chi connectivity index (χ4n) is 5.81. The predicted molar refractivity (Wildman–Crippen MR) is 208 cm³/mol. The number of amides is 1. The molecule has 0 aliphatic heterocycles. The number of hydrogen-bond acceptors (Lipinski definition) is 5. The molecule has 0 fully saturated rings. The number of unbranched alkanes of at least 4 members (excludes halogenated alkanes) is 16. The van der Waals surface area contributed by atoms with Gasteiger partial charge in [-0.3, -0.25) is 9.59 Å². The maximum Gasteiger partial charge on any atom is 0.306 e. The molecule has 6 heteroatoms. The molecule has 0 aromatic rings. The molecule has 0 saturated carbocycles. The molecule has 2 N–H and O–H groups in total. The summed E-state index contributed by atoms with van der Waals surface area (Å²) in [6.45, 7) is 11.1. The Morgan fingerprint density at radius 3 is 1.67 bits per heavy atom. The lowest BCUT2D eigenvalue weighted by molar-refractivity contribution is -0.150. The third-order valence-electron chi connectivity index (χ3n) is 8.89. The lowest BCUT2D eigenvalue weighted by Crippen LogP contribution is -2.22. The zero-order valence-corrected chi connectivity index (χ0v) is 32.3. The van der Waals surface area contributed by atoms with E-state index >= 15 is 0 Å². The van der Waals surface area contributed by atoms with Gasteiger partial charge in [-0.15, -0.1) is 0 Å². The maximum absolute atomic E-state index is 12.5. The lowest BCUT2D eigenvalue weighted by Gasteiger charge is -2.18. The summed E-state index contributed by atoms with van der Waals surface area (Å²) in [6, 6.07) is 0. The SMILES string of the molecule is C=C(CCCCCCCC(CCCCCCCC(=O)NC/C=C\CCCCCC)OC(=O)CCCN(C)C)NC/C=C\CCCCCC. The Labute approximate surface area is 298 Å². The lowest BCUT2D eigenvalue weighted by atomic mass is 10.0. The van der Waals surface area contributed by atoms with Crippen molar-refractivity contribution in [1.82, 2.24) is 15.5 Å². The van der Waals surface area contributed by atoms with Crippen molar-refractivity contribution in [2.75, 3.05) is 33.7 Å². The predicted octanol–water partition coefficient (Wildman–Crippen LogP) is 11.0. The van der Waals surface area contributed by atoms with Gasteiger partial charge in [-0.1, -0.05) is 122 Å². The quantitative estimate of drug-likeness (QED) is 0.0393. The first-order valence-electron chi connectivity index (χ1n) is 20.2. The fourth-order valence-corrected chi connectivity index (χ4v) is 5.81. The summed E-state index contributed by atoms with van der Waals surface area (Å²) < 4.78 is 5.97. The highest BCUT2D eigenvalue weighted by Gasteiger charge is 2.14. The standard InChI is InChI=1S/C42H79N3O3/c1-6-8-10-12-14-22-28-36-43-39(3)31-24-18-16-19-25-32-40(48-42(47)35-30-38-45(4)5)33-26-20-17-21-27-34-41(46)44-37-29-23-15-13-11-9-7-2/h22-23,28-29,40,43H,3,6-21,24-27,30-38H2,1-2,4-5H3,(H,44,46)/b28-22-,29-23-. The molecular weight excluding hydrogens is 594 g/mol. The first-order valence-corrected chi connectivity index (χ1v) is 20.2. The molecule has 0 aromatic heterocycles. The average Bonchev–Trinajstić information content (AvgIpc) is 3.05. The molecule has 1 amide bonds. The monoisotopic (exact) mass is 674 g/mol. The van der Waals surface area contributed by atoms with E-state index in [0.29, 0.717) is 19.4 Å². The molecule has 0 aliphatic carbocycles. The number of ether oxygens (including phenoxy) is 1. The Morgan fingerprint density at radius 2 is 1.10 bits per heavy atom. The molecule has 1 unspecified atom stereocenters. The Bertz CT molecular complexity index is 756. The smallest absolute Gasteiger partial charge is 0.306 e. The van der Waals surface area contributed by atoms with Crippen LogP contribution in [-0.2, 0) is 14.3 Å². The summed E-state index contributed by atoms with van der Waals surface area (Å²) in [6.07, 6.45) is 37.7. The van der Waals surface area contributed by atoms with Crippen molar-refractivity contribution in [2.45, 2.75) is 187 Å².